The van der Waals surface area contributed by atoms with E-state index in [0.29, 0.717) is 12.1 Å². The van der Waals surface area contributed by atoms with Crippen molar-refractivity contribution in [3.63, 3.8) is 0 Å². The number of ether oxygens (including phenoxy) is 2. The minimum absolute atomic E-state index is 0.245. The molecular formula is C16H29NO2. The lowest BCUT2D eigenvalue weighted by Gasteiger charge is -2.41. The summed E-state index contributed by atoms with van der Waals surface area (Å²) < 4.78 is 12.0. The average molecular weight is 267 g/mol. The minimum Gasteiger partial charge on any atom is -0.378 e. The molecule has 3 unspecified atom stereocenters. The van der Waals surface area contributed by atoms with Crippen molar-refractivity contribution >= 4 is 0 Å². The Hall–Kier alpha value is -0.120. The van der Waals surface area contributed by atoms with Gasteiger partial charge < -0.3 is 14.8 Å². The average Bonchev–Trinajstić information content (AvgIpc) is 3.08. The van der Waals surface area contributed by atoms with Crippen molar-refractivity contribution in [2.24, 2.45) is 5.92 Å². The number of hydrogen-bond donors (Lipinski definition) is 1. The van der Waals surface area contributed by atoms with Crippen molar-refractivity contribution in [1.82, 2.24) is 5.32 Å². The Morgan fingerprint density at radius 1 is 1.16 bits per heavy atom. The Morgan fingerprint density at radius 3 is 2.68 bits per heavy atom. The van der Waals surface area contributed by atoms with Crippen LogP contribution in [0.5, 0.6) is 0 Å². The first kappa shape index (κ1) is 13.8. The van der Waals surface area contributed by atoms with Crippen molar-refractivity contribution < 1.29 is 9.47 Å². The molecule has 2 aliphatic heterocycles. The molecule has 1 spiro atoms. The highest BCUT2D eigenvalue weighted by Crippen LogP contribution is 2.43. The molecule has 2 heterocycles. The molecule has 19 heavy (non-hydrogen) atoms. The monoisotopic (exact) mass is 267 g/mol. The molecule has 3 atom stereocenters. The Bertz CT molecular complexity index is 282. The van der Waals surface area contributed by atoms with Gasteiger partial charge in [0.25, 0.3) is 0 Å². The van der Waals surface area contributed by atoms with Crippen LogP contribution in [0.1, 0.15) is 57.8 Å². The van der Waals surface area contributed by atoms with Crippen LogP contribution in [0.2, 0.25) is 0 Å². The van der Waals surface area contributed by atoms with E-state index >= 15 is 0 Å². The van der Waals surface area contributed by atoms with Crippen LogP contribution in [0, 0.1) is 5.92 Å². The first-order valence-corrected chi connectivity index (χ1v) is 8.24. The van der Waals surface area contributed by atoms with Gasteiger partial charge in [-0.2, -0.15) is 0 Å². The second-order valence-electron chi connectivity index (χ2n) is 6.76. The Morgan fingerprint density at radius 2 is 2.00 bits per heavy atom. The SMILES string of the molecule is CNC(CC1CCCO1)C1CCOC2(CCCC2)C1. The molecular weight excluding hydrogens is 238 g/mol. The van der Waals surface area contributed by atoms with E-state index in [2.05, 4.69) is 12.4 Å². The summed E-state index contributed by atoms with van der Waals surface area (Å²) in [5.74, 6) is 0.779. The van der Waals surface area contributed by atoms with Gasteiger partial charge in [-0.15, -0.1) is 0 Å². The smallest absolute Gasteiger partial charge is 0.0685 e. The second kappa shape index (κ2) is 6.11. The molecule has 0 aromatic carbocycles. The maximum Gasteiger partial charge on any atom is 0.0685 e. The zero-order valence-electron chi connectivity index (χ0n) is 12.3. The van der Waals surface area contributed by atoms with Gasteiger partial charge in [-0.25, -0.2) is 0 Å². The summed E-state index contributed by atoms with van der Waals surface area (Å²) >= 11 is 0. The van der Waals surface area contributed by atoms with E-state index in [9.17, 15) is 0 Å². The van der Waals surface area contributed by atoms with E-state index < -0.39 is 0 Å². The zero-order chi connectivity index (χ0) is 13.1. The summed E-state index contributed by atoms with van der Waals surface area (Å²) in [6.45, 7) is 1.94. The van der Waals surface area contributed by atoms with Crippen molar-refractivity contribution in [3.05, 3.63) is 0 Å². The van der Waals surface area contributed by atoms with Crippen molar-refractivity contribution in [1.29, 1.82) is 0 Å². The summed E-state index contributed by atoms with van der Waals surface area (Å²) in [7, 11) is 2.12. The Kier molecular flexibility index (Phi) is 4.45. The molecule has 1 N–H and O–H groups in total. The number of hydrogen-bond acceptors (Lipinski definition) is 3. The van der Waals surface area contributed by atoms with Gasteiger partial charge in [0.2, 0.25) is 0 Å². The molecule has 0 aromatic rings. The van der Waals surface area contributed by atoms with Crippen LogP contribution in [0.3, 0.4) is 0 Å². The van der Waals surface area contributed by atoms with Gasteiger partial charge in [0, 0.05) is 19.3 Å². The molecule has 0 aromatic heterocycles. The van der Waals surface area contributed by atoms with Crippen LogP contribution in [0.25, 0.3) is 0 Å². The number of rotatable bonds is 4. The molecule has 110 valence electrons. The summed E-state index contributed by atoms with van der Waals surface area (Å²) in [5, 5.41) is 3.57. The fraction of sp³-hybridized carbons (Fsp3) is 1.00. The van der Waals surface area contributed by atoms with Crippen LogP contribution < -0.4 is 5.32 Å². The third kappa shape index (κ3) is 3.14. The summed E-state index contributed by atoms with van der Waals surface area (Å²) in [5.41, 5.74) is 0.245. The zero-order valence-corrected chi connectivity index (χ0v) is 12.3. The van der Waals surface area contributed by atoms with Gasteiger partial charge in [-0.1, -0.05) is 12.8 Å². The van der Waals surface area contributed by atoms with Crippen molar-refractivity contribution in [2.75, 3.05) is 20.3 Å². The van der Waals surface area contributed by atoms with Gasteiger partial charge >= 0.3 is 0 Å². The molecule has 2 saturated heterocycles. The standard InChI is InChI=1S/C16H29NO2/c1-17-15(11-14-5-4-9-18-14)13-6-10-19-16(12-13)7-2-3-8-16/h13-15,17H,2-12H2,1H3. The summed E-state index contributed by atoms with van der Waals surface area (Å²) in [6, 6.07) is 0.615. The van der Waals surface area contributed by atoms with Gasteiger partial charge in [0.15, 0.2) is 0 Å². The molecule has 1 aliphatic carbocycles. The van der Waals surface area contributed by atoms with Gasteiger partial charge in [-0.05, 0) is 57.9 Å². The van der Waals surface area contributed by atoms with E-state index in [1.165, 1.54) is 57.8 Å². The predicted octanol–water partition coefficient (Wildman–Crippen LogP) is 2.88. The largest absolute Gasteiger partial charge is 0.378 e. The lowest BCUT2D eigenvalue weighted by Crippen LogP contribution is -2.46. The third-order valence-corrected chi connectivity index (χ3v) is 5.53. The van der Waals surface area contributed by atoms with Crippen LogP contribution in [-0.2, 0) is 9.47 Å². The Labute approximate surface area is 117 Å². The topological polar surface area (TPSA) is 30.5 Å². The molecule has 0 radical (unpaired) electrons. The summed E-state index contributed by atoms with van der Waals surface area (Å²) in [6.07, 6.45) is 12.0. The van der Waals surface area contributed by atoms with E-state index in [1.54, 1.807) is 0 Å². The highest BCUT2D eigenvalue weighted by Gasteiger charge is 2.42. The lowest BCUT2D eigenvalue weighted by atomic mass is 9.79. The fourth-order valence-corrected chi connectivity index (χ4v) is 4.44. The van der Waals surface area contributed by atoms with E-state index in [1.807, 2.05) is 0 Å². The van der Waals surface area contributed by atoms with Crippen LogP contribution in [-0.4, -0.2) is 38.0 Å². The highest BCUT2D eigenvalue weighted by atomic mass is 16.5. The Balaban J connectivity index is 1.58. The maximum absolute atomic E-state index is 6.16. The molecule has 3 aliphatic rings. The number of nitrogens with one attached hydrogen (secondary N) is 1. The van der Waals surface area contributed by atoms with Crippen LogP contribution >= 0.6 is 0 Å². The van der Waals surface area contributed by atoms with Crippen LogP contribution in [0.4, 0.5) is 0 Å². The van der Waals surface area contributed by atoms with Gasteiger partial charge in [0.05, 0.1) is 11.7 Å². The quantitative estimate of drug-likeness (QED) is 0.849. The molecule has 3 nitrogen and oxygen atoms in total. The first-order valence-electron chi connectivity index (χ1n) is 8.24. The molecule has 3 heteroatoms. The summed E-state index contributed by atoms with van der Waals surface area (Å²) in [4.78, 5) is 0. The highest BCUT2D eigenvalue weighted by molar-refractivity contribution is 4.94. The lowest BCUT2D eigenvalue weighted by molar-refractivity contribution is -0.0996. The predicted molar refractivity (Wildman–Crippen MR) is 76.3 cm³/mol. The maximum atomic E-state index is 6.16. The molecule has 0 bridgehead atoms. The van der Waals surface area contributed by atoms with Crippen LogP contribution in [0.15, 0.2) is 0 Å². The van der Waals surface area contributed by atoms with E-state index in [-0.39, 0.29) is 5.60 Å². The molecule has 1 saturated carbocycles. The molecule has 3 rings (SSSR count). The molecule has 0 amide bonds. The van der Waals surface area contributed by atoms with Crippen molar-refractivity contribution in [3.8, 4) is 0 Å². The van der Waals surface area contributed by atoms with E-state index in [0.717, 1.165) is 19.1 Å². The van der Waals surface area contributed by atoms with E-state index in [4.69, 9.17) is 9.47 Å². The van der Waals surface area contributed by atoms with Gasteiger partial charge in [-0.3, -0.25) is 0 Å². The normalized spacial score (nSPS) is 35.8. The third-order valence-electron chi connectivity index (χ3n) is 5.53. The van der Waals surface area contributed by atoms with Gasteiger partial charge in [0.1, 0.15) is 0 Å². The van der Waals surface area contributed by atoms with Crippen molar-refractivity contribution in [2.45, 2.75) is 75.5 Å². The second-order valence-corrected chi connectivity index (χ2v) is 6.76. The molecule has 3 fully saturated rings. The fourth-order valence-electron chi connectivity index (χ4n) is 4.44. The first-order chi connectivity index (χ1) is 9.31. The minimum atomic E-state index is 0.245.